The molecule has 0 aromatic heterocycles. The molecule has 3 aromatic rings. The molecule has 0 heterocycles. The molecule has 1 aliphatic carbocycles. The molecule has 0 fully saturated rings. The molecule has 0 unspecified atom stereocenters. The van der Waals surface area contributed by atoms with Crippen molar-refractivity contribution in [3.05, 3.63) is 137 Å². The quantitative estimate of drug-likeness (QED) is 0.136. The molecular weight excluding hydrogens is 496 g/mol. The van der Waals surface area contributed by atoms with Crippen LogP contribution in [0.3, 0.4) is 0 Å². The van der Waals surface area contributed by atoms with E-state index in [1.165, 1.54) is 20.5 Å². The van der Waals surface area contributed by atoms with Crippen molar-refractivity contribution in [3.63, 3.8) is 0 Å². The number of hydrogen-bond acceptors (Lipinski definition) is 1. The van der Waals surface area contributed by atoms with Gasteiger partial charge in [-0.25, -0.2) is 6.08 Å². The molecule has 195 valence electrons. The van der Waals surface area contributed by atoms with Crippen LogP contribution in [-0.4, -0.2) is 3.81 Å². The van der Waals surface area contributed by atoms with Crippen molar-refractivity contribution >= 4 is 15.6 Å². The van der Waals surface area contributed by atoms with Crippen molar-refractivity contribution in [2.24, 2.45) is 5.41 Å². The number of aryl methyl sites for hydroxylation is 1. The fourth-order valence-electron chi connectivity index (χ4n) is 3.46. The second-order valence-corrected chi connectivity index (χ2v) is 12.1. The molecule has 3 aromatic carbocycles. The van der Waals surface area contributed by atoms with E-state index in [9.17, 15) is 0 Å². The predicted octanol–water partition coefficient (Wildman–Crippen LogP) is 9.99. The van der Waals surface area contributed by atoms with Gasteiger partial charge in [0.1, 0.15) is 11.5 Å². The Labute approximate surface area is 242 Å². The topological polar surface area (TPSA) is 9.23 Å². The molecule has 0 amide bonds. The number of ether oxygens (including phenoxy) is 1. The van der Waals surface area contributed by atoms with Gasteiger partial charge < -0.3 is 4.74 Å². The molecule has 1 aliphatic rings. The van der Waals surface area contributed by atoms with Gasteiger partial charge in [0.25, 0.3) is 0 Å². The first kappa shape index (κ1) is 31.2. The average Bonchev–Trinajstić information content (AvgIpc) is 3.44. The molecule has 0 spiro atoms. The summed E-state index contributed by atoms with van der Waals surface area (Å²) in [4.78, 5) is 0. The zero-order chi connectivity index (χ0) is 28.0. The van der Waals surface area contributed by atoms with E-state index in [0.29, 0.717) is 5.41 Å². The van der Waals surface area contributed by atoms with Gasteiger partial charge in [0, 0.05) is 5.56 Å². The molecule has 4 rings (SSSR count). The number of para-hydroxylation sites is 1. The molecule has 0 radical (unpaired) electrons. The summed E-state index contributed by atoms with van der Waals surface area (Å²) in [5.41, 5.74) is 6.33. The first-order valence-electron chi connectivity index (χ1n) is 13.1. The molecule has 2 heteroatoms. The number of hydrogen-bond donors (Lipinski definition) is 0. The Hall–Kier alpha value is -3.00. The van der Waals surface area contributed by atoms with Crippen LogP contribution in [0.4, 0.5) is 0 Å². The van der Waals surface area contributed by atoms with Gasteiger partial charge in [0.15, 0.2) is 0 Å². The molecular formula is C36H41OTi. The van der Waals surface area contributed by atoms with E-state index in [2.05, 4.69) is 135 Å². The van der Waals surface area contributed by atoms with Crippen LogP contribution in [0.1, 0.15) is 64.7 Å². The Bertz CT molecular complexity index is 1250. The summed E-state index contributed by atoms with van der Waals surface area (Å²) in [6.07, 6.45) is 12.7. The van der Waals surface area contributed by atoms with Gasteiger partial charge in [0.2, 0.25) is 0 Å². The van der Waals surface area contributed by atoms with Crippen LogP contribution < -0.4 is 4.74 Å². The fraction of sp³-hybridized carbons (Fsp3) is 0.250. The normalized spacial score (nSPS) is 13.0. The van der Waals surface area contributed by atoms with Crippen molar-refractivity contribution < 1.29 is 24.7 Å². The van der Waals surface area contributed by atoms with Crippen LogP contribution in [0, 0.1) is 18.4 Å². The summed E-state index contributed by atoms with van der Waals surface area (Å²) in [5.74, 6) is 1.71. The van der Waals surface area contributed by atoms with E-state index in [4.69, 9.17) is 4.74 Å². The maximum absolute atomic E-state index is 6.20. The van der Waals surface area contributed by atoms with Gasteiger partial charge in [-0.15, -0.1) is 6.42 Å². The standard InChI is InChI=1S/C24H22O.C9H13.C3H6.Ti/c1-19-13-16-21(17-14-19)18-15-20(2)24(22-9-5-3-6-10-22)25-23-11-7-4-8-12-23;1-9(2,3)8-6-4-5-7-8;1-3-2;/h3-18H,1-2H3;6-7H,4H2,1-3H3;1-2H3;/q;-1;;+1. The monoisotopic (exact) mass is 537 g/mol. The van der Waals surface area contributed by atoms with Crippen LogP contribution in [0.2, 0.25) is 0 Å². The van der Waals surface area contributed by atoms with E-state index in [0.717, 1.165) is 29.1 Å². The predicted molar refractivity (Wildman–Crippen MR) is 163 cm³/mol. The molecule has 0 N–H and O–H groups in total. The zero-order valence-corrected chi connectivity index (χ0v) is 25.6. The van der Waals surface area contributed by atoms with E-state index in [1.807, 2.05) is 48.5 Å². The van der Waals surface area contributed by atoms with Gasteiger partial charge in [-0.05, 0) is 37.1 Å². The summed E-state index contributed by atoms with van der Waals surface area (Å²) in [5, 5.41) is 0. The SMILES string of the molecule is CC(C)(C)C1=CC[C-]=C1.CC(C=Cc1ccc(C)cc1)=C(Oc1ccccc1)c1ccccc1.C[C](C)=[Ti+]. The van der Waals surface area contributed by atoms with E-state index < -0.39 is 0 Å². The molecule has 0 saturated heterocycles. The zero-order valence-electron chi connectivity index (χ0n) is 24.0. The van der Waals surface area contributed by atoms with Gasteiger partial charge in [-0.3, -0.25) is 6.08 Å². The van der Waals surface area contributed by atoms with Crippen molar-refractivity contribution in [1.82, 2.24) is 0 Å². The van der Waals surface area contributed by atoms with Gasteiger partial charge in [-0.1, -0.05) is 117 Å². The second kappa shape index (κ2) is 16.1. The first-order valence-corrected chi connectivity index (χ1v) is 13.9. The Balaban J connectivity index is 0.000000322. The van der Waals surface area contributed by atoms with Gasteiger partial charge >= 0.3 is 37.6 Å². The molecule has 0 bridgehead atoms. The van der Waals surface area contributed by atoms with Gasteiger partial charge in [-0.2, -0.15) is 11.6 Å². The van der Waals surface area contributed by atoms with Crippen molar-refractivity contribution in [2.75, 3.05) is 0 Å². The summed E-state index contributed by atoms with van der Waals surface area (Å²) >= 11 is 2.08. The van der Waals surface area contributed by atoms with Crippen LogP contribution in [0.15, 0.2) is 114 Å². The third-order valence-electron chi connectivity index (χ3n) is 5.52. The van der Waals surface area contributed by atoms with Crippen LogP contribution >= 0.6 is 0 Å². The van der Waals surface area contributed by atoms with E-state index >= 15 is 0 Å². The first-order chi connectivity index (χ1) is 18.1. The Morgan fingerprint density at radius 3 is 1.87 bits per heavy atom. The number of benzene rings is 3. The third-order valence-corrected chi connectivity index (χ3v) is 5.52. The molecule has 0 saturated carbocycles. The fourth-order valence-corrected chi connectivity index (χ4v) is 3.46. The van der Waals surface area contributed by atoms with Crippen LogP contribution in [-0.2, 0) is 20.0 Å². The molecule has 0 aliphatic heterocycles. The molecule has 1 nitrogen and oxygen atoms in total. The van der Waals surface area contributed by atoms with Crippen LogP contribution in [0.25, 0.3) is 11.8 Å². The van der Waals surface area contributed by atoms with E-state index in [1.54, 1.807) is 0 Å². The minimum absolute atomic E-state index is 0.323. The molecule has 38 heavy (non-hydrogen) atoms. The van der Waals surface area contributed by atoms with Crippen molar-refractivity contribution in [1.29, 1.82) is 0 Å². The van der Waals surface area contributed by atoms with Crippen molar-refractivity contribution in [2.45, 2.75) is 54.9 Å². The van der Waals surface area contributed by atoms with Crippen molar-refractivity contribution in [3.8, 4) is 5.75 Å². The molecule has 0 atom stereocenters. The summed E-state index contributed by atoms with van der Waals surface area (Å²) in [6, 6.07) is 28.6. The number of rotatable bonds is 5. The second-order valence-electron chi connectivity index (χ2n) is 10.5. The van der Waals surface area contributed by atoms with E-state index in [-0.39, 0.29) is 0 Å². The average molecular weight is 538 g/mol. The summed E-state index contributed by atoms with van der Waals surface area (Å²) in [7, 11) is 0. The number of allylic oxidation sites excluding steroid dienone is 6. The summed E-state index contributed by atoms with van der Waals surface area (Å²) < 4.78 is 7.61. The summed E-state index contributed by atoms with van der Waals surface area (Å²) in [6.45, 7) is 15.0. The van der Waals surface area contributed by atoms with Crippen LogP contribution in [0.5, 0.6) is 5.75 Å². The Morgan fingerprint density at radius 2 is 1.39 bits per heavy atom. The van der Waals surface area contributed by atoms with Gasteiger partial charge in [0.05, 0.1) is 0 Å². The third kappa shape index (κ3) is 12.0. The minimum atomic E-state index is 0.323. The Kier molecular flexibility index (Phi) is 13.2. The maximum atomic E-state index is 6.20. The Morgan fingerprint density at radius 1 is 0.842 bits per heavy atom.